The summed E-state index contributed by atoms with van der Waals surface area (Å²) in [5, 5.41) is 121. The molecule has 566 valence electrons. The molecule has 0 aliphatic carbocycles. The van der Waals surface area contributed by atoms with E-state index in [1.807, 2.05) is 6.08 Å². The molecular weight excluding hydrogens is 1260 g/mol. The number of aliphatic hydroxyl groups is 11. The van der Waals surface area contributed by atoms with Crippen molar-refractivity contribution in [2.75, 3.05) is 26.4 Å². The molecular formula is C80H133NO18. The summed E-state index contributed by atoms with van der Waals surface area (Å²) in [5.74, 6) is -0.295. The Balaban J connectivity index is 1.38. The van der Waals surface area contributed by atoms with Crippen molar-refractivity contribution in [1.82, 2.24) is 5.32 Å². The van der Waals surface area contributed by atoms with Crippen LogP contribution in [-0.2, 0) is 33.2 Å². The van der Waals surface area contributed by atoms with Crippen LogP contribution in [0.1, 0.15) is 232 Å². The predicted octanol–water partition coefficient (Wildman–Crippen LogP) is 11.7. The van der Waals surface area contributed by atoms with E-state index in [0.29, 0.717) is 6.42 Å². The van der Waals surface area contributed by atoms with Crippen LogP contribution in [0.5, 0.6) is 0 Å². The molecule has 0 saturated carbocycles. The molecule has 0 spiro atoms. The normalized spacial score (nSPS) is 27.4. The fraction of sp³-hybridized carbons (Fsp3) is 0.713. The van der Waals surface area contributed by atoms with E-state index in [4.69, 9.17) is 28.4 Å². The van der Waals surface area contributed by atoms with Crippen LogP contribution in [0.25, 0.3) is 0 Å². The quantitative estimate of drug-likeness (QED) is 0.0199. The minimum absolute atomic E-state index is 0.218. The van der Waals surface area contributed by atoms with Crippen molar-refractivity contribution in [3.05, 3.63) is 134 Å². The summed E-state index contributed by atoms with van der Waals surface area (Å²) < 4.78 is 34.4. The number of aliphatic hydroxyl groups excluding tert-OH is 11. The molecule has 19 nitrogen and oxygen atoms in total. The van der Waals surface area contributed by atoms with Crippen LogP contribution in [0.15, 0.2) is 134 Å². The molecule has 0 aromatic carbocycles. The summed E-state index contributed by atoms with van der Waals surface area (Å²) >= 11 is 0. The topological polar surface area (TPSA) is 307 Å². The van der Waals surface area contributed by atoms with E-state index in [1.165, 1.54) is 77.0 Å². The second-order valence-electron chi connectivity index (χ2n) is 26.4. The fourth-order valence-corrected chi connectivity index (χ4v) is 11.9. The largest absolute Gasteiger partial charge is 0.394 e. The molecule has 3 heterocycles. The average molecular weight is 1400 g/mol. The van der Waals surface area contributed by atoms with Crippen LogP contribution in [0.2, 0.25) is 0 Å². The summed E-state index contributed by atoms with van der Waals surface area (Å²) in [5.41, 5.74) is 0. The zero-order chi connectivity index (χ0) is 71.8. The molecule has 3 aliphatic rings. The number of allylic oxidation sites excluding steroid dienone is 21. The first-order chi connectivity index (χ1) is 48.3. The molecule has 3 fully saturated rings. The van der Waals surface area contributed by atoms with Crippen molar-refractivity contribution in [3.63, 3.8) is 0 Å². The van der Waals surface area contributed by atoms with Gasteiger partial charge in [-0.2, -0.15) is 0 Å². The lowest BCUT2D eigenvalue weighted by Crippen LogP contribution is -2.66. The molecule has 12 N–H and O–H groups in total. The van der Waals surface area contributed by atoms with Crippen LogP contribution >= 0.6 is 0 Å². The van der Waals surface area contributed by atoms with Crippen molar-refractivity contribution in [3.8, 4) is 0 Å². The predicted molar refractivity (Wildman–Crippen MR) is 392 cm³/mol. The fourth-order valence-electron chi connectivity index (χ4n) is 11.9. The van der Waals surface area contributed by atoms with Crippen molar-refractivity contribution in [1.29, 1.82) is 0 Å². The van der Waals surface area contributed by atoms with Gasteiger partial charge in [-0.3, -0.25) is 4.79 Å². The molecule has 0 aromatic rings. The average Bonchev–Trinajstić information content (AvgIpc) is 0.786. The maximum atomic E-state index is 13.4. The number of nitrogens with one attached hydrogen (secondary N) is 1. The highest BCUT2D eigenvalue weighted by molar-refractivity contribution is 5.76. The second kappa shape index (κ2) is 59.3. The Kier molecular flexibility index (Phi) is 53.4. The first kappa shape index (κ1) is 89.1. The number of ether oxygens (including phenoxy) is 6. The summed E-state index contributed by atoms with van der Waals surface area (Å²) in [6.45, 7) is 1.60. The Morgan fingerprint density at radius 3 is 1.09 bits per heavy atom. The number of hydrogen-bond acceptors (Lipinski definition) is 18. The summed E-state index contributed by atoms with van der Waals surface area (Å²) in [6.07, 6.45) is 57.1. The van der Waals surface area contributed by atoms with Crippen LogP contribution in [0.4, 0.5) is 0 Å². The summed E-state index contributed by atoms with van der Waals surface area (Å²) in [4.78, 5) is 13.4. The monoisotopic (exact) mass is 1400 g/mol. The summed E-state index contributed by atoms with van der Waals surface area (Å²) in [6, 6.07) is -0.992. The molecule has 99 heavy (non-hydrogen) atoms. The van der Waals surface area contributed by atoms with Gasteiger partial charge in [-0.15, -0.1) is 0 Å². The first-order valence-electron chi connectivity index (χ1n) is 37.9. The van der Waals surface area contributed by atoms with Gasteiger partial charge in [0.1, 0.15) is 73.2 Å². The van der Waals surface area contributed by atoms with Gasteiger partial charge in [0.15, 0.2) is 18.9 Å². The standard InChI is InChI=1S/C80H133NO18/c1-3-5-7-9-11-13-15-17-19-21-22-23-24-25-26-27-28-29-30-31-32-33-34-35-36-37-38-39-40-42-44-46-48-50-52-54-56-58-68(86)81-63(64(85)57-55-53-51-49-47-45-43-41-20-18-16-14-12-10-8-6-4-2)62-94-78-74(92)71(89)76(66(60-83)96-78)99-80-75(93)72(90)77(67(61-84)97-80)98-79-73(91)70(88)69(87)65(59-82)95-79/h5,7,11,13,17,19,22-23,25-26,28-29,31-32,34-35,37-38,40,42,55,57,63-67,69-80,82-85,87-93H,3-4,6,8-10,12,14-16,18,20-21,24,27,30,33,36,39,41,43-54,56,58-62H2,1-2H3,(H,81,86)/b7-5-,13-11-,19-17-,23-22-,26-25-,29-28-,32-31-,35-34-,38-37-,42-40-,57-55+. The lowest BCUT2D eigenvalue weighted by molar-refractivity contribution is -0.379. The Morgan fingerprint density at radius 1 is 0.374 bits per heavy atom. The molecule has 0 radical (unpaired) electrons. The highest BCUT2D eigenvalue weighted by Gasteiger charge is 2.53. The number of carbonyl (C=O) groups is 1. The Bertz CT molecular complexity index is 2310. The van der Waals surface area contributed by atoms with Gasteiger partial charge in [0, 0.05) is 6.42 Å². The molecule has 3 rings (SSSR count). The number of carbonyl (C=O) groups excluding carboxylic acids is 1. The maximum Gasteiger partial charge on any atom is 0.220 e. The van der Waals surface area contributed by atoms with Gasteiger partial charge in [0.05, 0.1) is 38.6 Å². The van der Waals surface area contributed by atoms with Crippen molar-refractivity contribution >= 4 is 5.91 Å². The van der Waals surface area contributed by atoms with Crippen LogP contribution in [-0.4, -0.2) is 193 Å². The van der Waals surface area contributed by atoms with E-state index in [0.717, 1.165) is 128 Å². The third-order valence-electron chi connectivity index (χ3n) is 18.0. The number of rotatable bonds is 57. The zero-order valence-electron chi connectivity index (χ0n) is 60.2. The molecule has 17 unspecified atom stereocenters. The summed E-state index contributed by atoms with van der Waals surface area (Å²) in [7, 11) is 0. The Hall–Kier alpha value is -4.07. The lowest BCUT2D eigenvalue weighted by atomic mass is 9.96. The highest BCUT2D eigenvalue weighted by Crippen LogP contribution is 2.33. The van der Waals surface area contributed by atoms with Gasteiger partial charge >= 0.3 is 0 Å². The molecule has 19 heteroatoms. The molecule has 0 aromatic heterocycles. The van der Waals surface area contributed by atoms with Crippen molar-refractivity contribution in [2.45, 2.75) is 336 Å². The van der Waals surface area contributed by atoms with Crippen molar-refractivity contribution < 1.29 is 89.4 Å². The SMILES string of the molecule is CC/C=C\C/C=C\C/C=C\C/C=C\C/C=C\C/C=C\C/C=C\C/C=C\C/C=C\C/C=C\CCCCCCCCC(=O)NC(COC1OC(CO)C(OC2OC(CO)C(OC3OC(CO)C(O)C(O)C3O)C(O)C2O)C(O)C1O)C(O)/C=C/CCCCCCCCCCCCCCCCC. The molecule has 3 aliphatic heterocycles. The number of amides is 1. The van der Waals surface area contributed by atoms with E-state index < -0.39 is 124 Å². The van der Waals surface area contributed by atoms with Crippen molar-refractivity contribution in [2.24, 2.45) is 0 Å². The van der Waals surface area contributed by atoms with Gasteiger partial charge in [-0.25, -0.2) is 0 Å². The van der Waals surface area contributed by atoms with Gasteiger partial charge in [-0.05, 0) is 96.3 Å². The lowest BCUT2D eigenvalue weighted by Gasteiger charge is -2.48. The smallest absolute Gasteiger partial charge is 0.220 e. The molecule has 1 amide bonds. The number of hydrogen-bond donors (Lipinski definition) is 12. The minimum Gasteiger partial charge on any atom is -0.394 e. The van der Waals surface area contributed by atoms with Crippen LogP contribution in [0, 0.1) is 0 Å². The van der Waals surface area contributed by atoms with Gasteiger partial charge in [0.2, 0.25) is 5.91 Å². The zero-order valence-corrected chi connectivity index (χ0v) is 60.2. The van der Waals surface area contributed by atoms with Crippen LogP contribution in [0.3, 0.4) is 0 Å². The van der Waals surface area contributed by atoms with E-state index in [2.05, 4.69) is 141 Å². The van der Waals surface area contributed by atoms with E-state index in [9.17, 15) is 61.0 Å². The number of unbranched alkanes of at least 4 members (excludes halogenated alkanes) is 21. The van der Waals surface area contributed by atoms with Gasteiger partial charge < -0.3 is 89.9 Å². The Labute approximate surface area is 594 Å². The minimum atomic E-state index is -1.99. The first-order valence-corrected chi connectivity index (χ1v) is 37.9. The molecule has 17 atom stereocenters. The van der Waals surface area contributed by atoms with E-state index >= 15 is 0 Å². The van der Waals surface area contributed by atoms with E-state index in [-0.39, 0.29) is 18.9 Å². The second-order valence-corrected chi connectivity index (χ2v) is 26.4. The van der Waals surface area contributed by atoms with Crippen LogP contribution < -0.4 is 5.32 Å². The van der Waals surface area contributed by atoms with Gasteiger partial charge in [0.25, 0.3) is 0 Å². The third-order valence-corrected chi connectivity index (χ3v) is 18.0. The molecule has 3 saturated heterocycles. The maximum absolute atomic E-state index is 13.4. The van der Waals surface area contributed by atoms with Gasteiger partial charge in [-0.1, -0.05) is 263 Å². The molecule has 0 bridgehead atoms. The van der Waals surface area contributed by atoms with E-state index in [1.54, 1.807) is 6.08 Å². The Morgan fingerprint density at radius 2 is 0.697 bits per heavy atom. The highest BCUT2D eigenvalue weighted by atomic mass is 16.8. The third kappa shape index (κ3) is 40.0.